The molecule has 0 aliphatic rings. The zero-order chi connectivity index (χ0) is 14.7. The summed E-state index contributed by atoms with van der Waals surface area (Å²) >= 11 is 0. The summed E-state index contributed by atoms with van der Waals surface area (Å²) in [5.74, 6) is 0. The van der Waals surface area contributed by atoms with Crippen LogP contribution in [0.1, 0.15) is 12.5 Å². The van der Waals surface area contributed by atoms with Crippen LogP contribution in [-0.4, -0.2) is 27.6 Å². The van der Waals surface area contributed by atoms with E-state index in [4.69, 9.17) is 0 Å². The van der Waals surface area contributed by atoms with Crippen LogP contribution in [0.4, 0.5) is 0 Å². The van der Waals surface area contributed by atoms with Gasteiger partial charge in [-0.25, -0.2) is 8.42 Å². The van der Waals surface area contributed by atoms with Crippen molar-refractivity contribution in [1.82, 2.24) is 0 Å². The van der Waals surface area contributed by atoms with Gasteiger partial charge < -0.3 is 0 Å². The molecule has 2 nitrogen and oxygen atoms in total. The Morgan fingerprint density at radius 2 is 1.74 bits per heavy atom. The van der Waals surface area contributed by atoms with Crippen molar-refractivity contribution in [1.29, 1.82) is 0 Å². The maximum atomic E-state index is 12.0. The lowest BCUT2D eigenvalue weighted by Gasteiger charge is -2.28. The zero-order valence-corrected chi connectivity index (χ0v) is 14.3. The highest BCUT2D eigenvalue weighted by Crippen LogP contribution is 2.23. The first kappa shape index (κ1) is 16.2. The Morgan fingerprint density at radius 3 is 2.16 bits per heavy atom. The third-order valence-corrected chi connectivity index (χ3v) is 9.79. The van der Waals surface area contributed by atoms with E-state index in [1.807, 2.05) is 25.1 Å². The first-order valence-corrected chi connectivity index (χ1v) is 12.0. The van der Waals surface area contributed by atoms with Crippen LogP contribution >= 0.6 is 0 Å². The molecule has 0 radical (unpaired) electrons. The van der Waals surface area contributed by atoms with Gasteiger partial charge in [-0.2, -0.15) is 0 Å². The molecule has 0 heterocycles. The largest absolute Gasteiger partial charge is 0.229 e. The molecule has 0 aliphatic carbocycles. The maximum absolute atomic E-state index is 12.0. The van der Waals surface area contributed by atoms with E-state index in [0.717, 1.165) is 12.0 Å². The fraction of sp³-hybridized carbons (Fsp3) is 0.467. The lowest BCUT2D eigenvalue weighted by molar-refractivity contribution is 0.600. The molecule has 0 amide bonds. The topological polar surface area (TPSA) is 34.1 Å². The molecule has 0 fully saturated rings. The van der Waals surface area contributed by atoms with Crippen molar-refractivity contribution in [2.24, 2.45) is 0 Å². The smallest absolute Gasteiger partial charge is 0.151 e. The van der Waals surface area contributed by atoms with Crippen LogP contribution in [0.15, 0.2) is 42.0 Å². The van der Waals surface area contributed by atoms with Crippen LogP contribution in [0.25, 0.3) is 0 Å². The molecule has 0 N–H and O–H groups in total. The van der Waals surface area contributed by atoms with Gasteiger partial charge in [-0.15, -0.1) is 0 Å². The first-order valence-electron chi connectivity index (χ1n) is 6.52. The van der Waals surface area contributed by atoms with Crippen LogP contribution in [0.2, 0.25) is 19.6 Å². The summed E-state index contributed by atoms with van der Waals surface area (Å²) in [5, 5.41) is 0. The maximum Gasteiger partial charge on any atom is 0.151 e. The molecule has 0 saturated carbocycles. The number of hydrogen-bond acceptors (Lipinski definition) is 2. The molecule has 0 aromatic heterocycles. The summed E-state index contributed by atoms with van der Waals surface area (Å²) in [4.78, 5) is -0.288. The molecule has 4 heteroatoms. The van der Waals surface area contributed by atoms with Gasteiger partial charge in [0.2, 0.25) is 0 Å². The van der Waals surface area contributed by atoms with E-state index in [9.17, 15) is 8.42 Å². The Bertz CT molecular complexity index is 539. The fourth-order valence-corrected chi connectivity index (χ4v) is 10.1. The third kappa shape index (κ3) is 4.95. The van der Waals surface area contributed by atoms with Crippen molar-refractivity contribution in [3.63, 3.8) is 0 Å². The van der Waals surface area contributed by atoms with Gasteiger partial charge in [-0.3, -0.25) is 0 Å². The van der Waals surface area contributed by atoms with Crippen molar-refractivity contribution in [2.45, 2.75) is 37.9 Å². The van der Waals surface area contributed by atoms with Gasteiger partial charge in [0.25, 0.3) is 0 Å². The second-order valence-electron chi connectivity index (χ2n) is 6.21. The average molecular weight is 297 g/mol. The van der Waals surface area contributed by atoms with Crippen molar-refractivity contribution in [3.8, 4) is 0 Å². The van der Waals surface area contributed by atoms with Crippen molar-refractivity contribution in [2.75, 3.05) is 6.26 Å². The second kappa shape index (κ2) is 6.05. The highest BCUT2D eigenvalue weighted by atomic mass is 32.2. The summed E-state index contributed by atoms with van der Waals surface area (Å²) in [6.45, 7) is 8.28. The zero-order valence-electron chi connectivity index (χ0n) is 12.5. The number of rotatable bonds is 5. The predicted octanol–water partition coefficient (Wildman–Crippen LogP) is 3.47. The van der Waals surface area contributed by atoms with Crippen LogP contribution in [0.3, 0.4) is 0 Å². The van der Waals surface area contributed by atoms with E-state index < -0.39 is 17.9 Å². The fourth-order valence-electron chi connectivity index (χ4n) is 2.66. The van der Waals surface area contributed by atoms with Gasteiger partial charge >= 0.3 is 0 Å². The molecule has 1 rings (SSSR count). The minimum absolute atomic E-state index is 0.288. The molecule has 19 heavy (non-hydrogen) atoms. The molecule has 1 aromatic carbocycles. The molecule has 106 valence electrons. The van der Waals surface area contributed by atoms with Gasteiger partial charge in [0.05, 0.1) is 12.9 Å². The second-order valence-corrected chi connectivity index (χ2v) is 14.1. The molecule has 1 aromatic rings. The van der Waals surface area contributed by atoms with Crippen LogP contribution < -0.4 is 0 Å². The SMILES string of the molecule is CC(=CCc1ccccc1)C([Si](C)(C)C)S(C)(=O)=O. The Balaban J connectivity index is 2.99. The number of allylic oxidation sites excluding steroid dienone is 1. The lowest BCUT2D eigenvalue weighted by atomic mass is 10.1. The summed E-state index contributed by atoms with van der Waals surface area (Å²) in [5.41, 5.74) is 2.20. The van der Waals surface area contributed by atoms with Crippen LogP contribution in [-0.2, 0) is 16.3 Å². The van der Waals surface area contributed by atoms with Gasteiger partial charge in [-0.1, -0.05) is 61.6 Å². The number of sulfone groups is 1. The van der Waals surface area contributed by atoms with E-state index in [1.165, 1.54) is 11.8 Å². The van der Waals surface area contributed by atoms with Gasteiger partial charge in [-0.05, 0) is 18.9 Å². The third-order valence-electron chi connectivity index (χ3n) is 3.13. The van der Waals surface area contributed by atoms with Crippen LogP contribution in [0.5, 0.6) is 0 Å². The van der Waals surface area contributed by atoms with Gasteiger partial charge in [0, 0.05) is 6.26 Å². The van der Waals surface area contributed by atoms with E-state index in [2.05, 4.69) is 37.8 Å². The van der Waals surface area contributed by atoms with Gasteiger partial charge in [0.1, 0.15) is 0 Å². The monoisotopic (exact) mass is 296 g/mol. The normalized spacial score (nSPS) is 15.3. The quantitative estimate of drug-likeness (QED) is 0.616. The summed E-state index contributed by atoms with van der Waals surface area (Å²) < 4.78 is 24.0. The minimum atomic E-state index is -3.03. The summed E-state index contributed by atoms with van der Waals surface area (Å²) in [7, 11) is -4.81. The molecular formula is C15H24O2SSi. The number of hydrogen-bond donors (Lipinski definition) is 0. The number of benzene rings is 1. The van der Waals surface area contributed by atoms with Crippen LogP contribution in [0, 0.1) is 0 Å². The van der Waals surface area contributed by atoms with Crippen molar-refractivity contribution >= 4 is 17.9 Å². The molecule has 1 atom stereocenters. The Morgan fingerprint density at radius 1 is 1.21 bits per heavy atom. The first-order chi connectivity index (χ1) is 8.62. The van der Waals surface area contributed by atoms with Crippen molar-refractivity contribution < 1.29 is 8.42 Å². The molecule has 1 unspecified atom stereocenters. The molecule has 0 spiro atoms. The van der Waals surface area contributed by atoms with E-state index in [-0.39, 0.29) is 4.87 Å². The Hall–Kier alpha value is -0.873. The molecule has 0 aliphatic heterocycles. The molecule has 0 saturated heterocycles. The standard InChI is InChI=1S/C15H24O2SSi/c1-13(11-12-14-9-7-6-8-10-14)15(18(2,16)17)19(3,4)5/h6-11,15H,12H2,1-5H3. The summed E-state index contributed by atoms with van der Waals surface area (Å²) in [6, 6.07) is 10.1. The van der Waals surface area contributed by atoms with Crippen molar-refractivity contribution in [3.05, 3.63) is 47.5 Å². The highest BCUT2D eigenvalue weighted by Gasteiger charge is 2.35. The van der Waals surface area contributed by atoms with E-state index >= 15 is 0 Å². The predicted molar refractivity (Wildman–Crippen MR) is 85.9 cm³/mol. The van der Waals surface area contributed by atoms with E-state index in [0.29, 0.717) is 0 Å². The Labute approximate surface area is 118 Å². The minimum Gasteiger partial charge on any atom is -0.229 e. The van der Waals surface area contributed by atoms with Gasteiger partial charge in [0.15, 0.2) is 9.84 Å². The highest BCUT2D eigenvalue weighted by molar-refractivity contribution is 7.93. The molecular weight excluding hydrogens is 272 g/mol. The lowest BCUT2D eigenvalue weighted by Crippen LogP contribution is -2.44. The Kier molecular flexibility index (Phi) is 5.16. The molecule has 0 bridgehead atoms. The van der Waals surface area contributed by atoms with E-state index in [1.54, 1.807) is 0 Å². The average Bonchev–Trinajstić information content (AvgIpc) is 2.24. The summed E-state index contributed by atoms with van der Waals surface area (Å²) in [6.07, 6.45) is 4.22.